The van der Waals surface area contributed by atoms with Crippen molar-refractivity contribution < 1.29 is 0 Å². The van der Waals surface area contributed by atoms with E-state index in [9.17, 15) is 0 Å². The summed E-state index contributed by atoms with van der Waals surface area (Å²) in [6.07, 6.45) is 7.39. The van der Waals surface area contributed by atoms with Gasteiger partial charge in [-0.1, -0.05) is 6.07 Å². The van der Waals surface area contributed by atoms with Gasteiger partial charge in [0, 0.05) is 18.3 Å². The first kappa shape index (κ1) is 12.6. The van der Waals surface area contributed by atoms with E-state index in [0.717, 1.165) is 16.9 Å². The van der Waals surface area contributed by atoms with E-state index in [-0.39, 0.29) is 0 Å². The molecule has 1 aliphatic rings. The molecule has 1 heterocycles. The molecule has 1 fully saturated rings. The Morgan fingerprint density at radius 3 is 2.53 bits per heavy atom. The van der Waals surface area contributed by atoms with Gasteiger partial charge < -0.3 is 10.6 Å². The third-order valence-corrected chi connectivity index (χ3v) is 4.50. The van der Waals surface area contributed by atoms with Crippen molar-refractivity contribution in [2.24, 2.45) is 0 Å². The quantitative estimate of drug-likeness (QED) is 0.861. The molecule has 0 amide bonds. The van der Waals surface area contributed by atoms with Crippen LogP contribution in [0.2, 0.25) is 0 Å². The van der Waals surface area contributed by atoms with Crippen LogP contribution in [0.5, 0.6) is 0 Å². The van der Waals surface area contributed by atoms with Gasteiger partial charge in [-0.05, 0) is 44.1 Å². The molecule has 2 rings (SSSR count). The predicted octanol–water partition coefficient (Wildman–Crippen LogP) is 3.21. The lowest BCUT2D eigenvalue weighted by Gasteiger charge is -2.28. The molecule has 1 aromatic heterocycles. The van der Waals surface area contributed by atoms with E-state index in [1.165, 1.54) is 25.7 Å². The average molecular weight is 251 g/mol. The Kier molecular flexibility index (Phi) is 4.54. The van der Waals surface area contributed by atoms with Gasteiger partial charge in [0.05, 0.1) is 0 Å². The summed E-state index contributed by atoms with van der Waals surface area (Å²) in [5.41, 5.74) is 0. The van der Waals surface area contributed by atoms with Crippen molar-refractivity contribution in [2.75, 3.05) is 23.9 Å². The van der Waals surface area contributed by atoms with Gasteiger partial charge in [0.25, 0.3) is 0 Å². The average Bonchev–Trinajstić information content (AvgIpc) is 2.40. The summed E-state index contributed by atoms with van der Waals surface area (Å²) in [6, 6.07) is 6.66. The summed E-state index contributed by atoms with van der Waals surface area (Å²) in [5, 5.41) is 7.47. The summed E-state index contributed by atoms with van der Waals surface area (Å²) < 4.78 is 0. The van der Waals surface area contributed by atoms with Gasteiger partial charge >= 0.3 is 0 Å². The van der Waals surface area contributed by atoms with Crippen LogP contribution in [0.4, 0.5) is 11.6 Å². The van der Waals surface area contributed by atoms with Gasteiger partial charge in [0.15, 0.2) is 0 Å². The van der Waals surface area contributed by atoms with Gasteiger partial charge in [-0.15, -0.1) is 0 Å². The maximum Gasteiger partial charge on any atom is 0.128 e. The van der Waals surface area contributed by atoms with Crippen LogP contribution >= 0.6 is 11.8 Å². The number of rotatable bonds is 4. The molecule has 1 aliphatic carbocycles. The summed E-state index contributed by atoms with van der Waals surface area (Å²) in [6.45, 7) is 0. The molecule has 1 saturated carbocycles. The van der Waals surface area contributed by atoms with E-state index in [0.29, 0.717) is 6.04 Å². The van der Waals surface area contributed by atoms with Gasteiger partial charge in [0.1, 0.15) is 11.6 Å². The Hall–Kier alpha value is -0.900. The number of nitrogens with one attached hydrogen (secondary N) is 2. The molecule has 3 nitrogen and oxygen atoms in total. The van der Waals surface area contributed by atoms with Crippen LogP contribution in [0, 0.1) is 0 Å². The van der Waals surface area contributed by atoms with Crippen molar-refractivity contribution in [1.29, 1.82) is 0 Å². The summed E-state index contributed by atoms with van der Waals surface area (Å²) >= 11 is 2.01. The van der Waals surface area contributed by atoms with Crippen molar-refractivity contribution in [1.82, 2.24) is 4.98 Å². The molecular weight excluding hydrogens is 230 g/mol. The van der Waals surface area contributed by atoms with E-state index >= 15 is 0 Å². The zero-order chi connectivity index (χ0) is 12.1. The molecule has 1 aromatic rings. The van der Waals surface area contributed by atoms with E-state index < -0.39 is 0 Å². The van der Waals surface area contributed by atoms with Gasteiger partial charge in [0.2, 0.25) is 0 Å². The fourth-order valence-electron chi connectivity index (χ4n) is 2.31. The zero-order valence-electron chi connectivity index (χ0n) is 10.6. The summed E-state index contributed by atoms with van der Waals surface area (Å²) in [5.74, 6) is 1.91. The number of nitrogens with zero attached hydrogens (tertiary/aromatic N) is 1. The minimum absolute atomic E-state index is 0.595. The van der Waals surface area contributed by atoms with Crippen molar-refractivity contribution in [3.05, 3.63) is 18.2 Å². The first-order valence-electron chi connectivity index (χ1n) is 6.26. The minimum atomic E-state index is 0.595. The number of hydrogen-bond donors (Lipinski definition) is 2. The Balaban J connectivity index is 1.88. The lowest BCUT2D eigenvalue weighted by atomic mass is 9.95. The molecule has 4 heteroatoms. The standard InChI is InChI=1S/C13H21N3S/c1-14-12-4-3-5-13(16-12)15-10-6-8-11(17-2)9-7-10/h3-5,10-11H,6-9H2,1-2H3,(H2,14,15,16). The van der Waals surface area contributed by atoms with Crippen LogP contribution in [0.15, 0.2) is 18.2 Å². The molecule has 94 valence electrons. The van der Waals surface area contributed by atoms with Crippen molar-refractivity contribution in [3.63, 3.8) is 0 Å². The lowest BCUT2D eigenvalue weighted by molar-refractivity contribution is 0.472. The fraction of sp³-hybridized carbons (Fsp3) is 0.615. The largest absolute Gasteiger partial charge is 0.373 e. The molecule has 0 radical (unpaired) electrons. The Bertz CT molecular complexity index is 348. The highest BCUT2D eigenvalue weighted by molar-refractivity contribution is 7.99. The third-order valence-electron chi connectivity index (χ3n) is 3.36. The van der Waals surface area contributed by atoms with E-state index in [4.69, 9.17) is 0 Å². The van der Waals surface area contributed by atoms with E-state index in [2.05, 4.69) is 21.9 Å². The van der Waals surface area contributed by atoms with Crippen LogP contribution in [-0.2, 0) is 0 Å². The van der Waals surface area contributed by atoms with Crippen LogP contribution in [0.3, 0.4) is 0 Å². The Labute approximate surface area is 108 Å². The highest BCUT2D eigenvalue weighted by Crippen LogP contribution is 2.28. The van der Waals surface area contributed by atoms with Crippen LogP contribution in [0.25, 0.3) is 0 Å². The van der Waals surface area contributed by atoms with Crippen molar-refractivity contribution >= 4 is 23.4 Å². The van der Waals surface area contributed by atoms with Gasteiger partial charge in [-0.3, -0.25) is 0 Å². The third kappa shape index (κ3) is 3.53. The predicted molar refractivity (Wildman–Crippen MR) is 77.0 cm³/mol. The van der Waals surface area contributed by atoms with Crippen LogP contribution in [0.1, 0.15) is 25.7 Å². The second-order valence-corrected chi connectivity index (χ2v) is 5.65. The molecule has 0 aliphatic heterocycles. The molecule has 0 aromatic carbocycles. The molecule has 2 N–H and O–H groups in total. The van der Waals surface area contributed by atoms with E-state index in [1.807, 2.05) is 37.0 Å². The smallest absolute Gasteiger partial charge is 0.128 e. The van der Waals surface area contributed by atoms with Crippen LogP contribution in [-0.4, -0.2) is 29.6 Å². The normalized spacial score (nSPS) is 24.4. The number of anilines is 2. The maximum atomic E-state index is 4.50. The first-order chi connectivity index (χ1) is 8.31. The number of thioether (sulfide) groups is 1. The molecule has 0 unspecified atom stereocenters. The molecule has 0 spiro atoms. The molecule has 0 saturated heterocycles. The Morgan fingerprint density at radius 2 is 1.88 bits per heavy atom. The van der Waals surface area contributed by atoms with Crippen molar-refractivity contribution in [3.8, 4) is 0 Å². The van der Waals surface area contributed by atoms with E-state index in [1.54, 1.807) is 0 Å². The second kappa shape index (κ2) is 6.15. The summed E-state index contributed by atoms with van der Waals surface area (Å²) in [7, 11) is 1.90. The topological polar surface area (TPSA) is 37.0 Å². The Morgan fingerprint density at radius 1 is 1.18 bits per heavy atom. The van der Waals surface area contributed by atoms with Gasteiger partial charge in [-0.25, -0.2) is 4.98 Å². The van der Waals surface area contributed by atoms with Gasteiger partial charge in [-0.2, -0.15) is 11.8 Å². The van der Waals surface area contributed by atoms with Crippen molar-refractivity contribution in [2.45, 2.75) is 37.0 Å². The number of pyridine rings is 1. The lowest BCUT2D eigenvalue weighted by Crippen LogP contribution is -2.27. The fourth-order valence-corrected chi connectivity index (χ4v) is 3.05. The maximum absolute atomic E-state index is 4.50. The molecule has 0 atom stereocenters. The number of hydrogen-bond acceptors (Lipinski definition) is 4. The molecular formula is C13H21N3S. The second-order valence-electron chi connectivity index (χ2n) is 4.51. The molecule has 17 heavy (non-hydrogen) atoms. The SMILES string of the molecule is CNc1cccc(NC2CCC(SC)CC2)n1. The molecule has 0 bridgehead atoms. The minimum Gasteiger partial charge on any atom is -0.373 e. The zero-order valence-corrected chi connectivity index (χ0v) is 11.4. The monoisotopic (exact) mass is 251 g/mol. The number of aromatic nitrogens is 1. The summed E-state index contributed by atoms with van der Waals surface area (Å²) in [4.78, 5) is 4.50. The van der Waals surface area contributed by atoms with Crippen LogP contribution < -0.4 is 10.6 Å². The first-order valence-corrected chi connectivity index (χ1v) is 7.54. The highest BCUT2D eigenvalue weighted by Gasteiger charge is 2.20. The highest BCUT2D eigenvalue weighted by atomic mass is 32.2.